The maximum absolute atomic E-state index is 13.4. The SMILES string of the molecule is Cc1nc(-c2cccc(NC(=O)c3cc(-c4cccs4)nc4c3c(C)nn4C)c2)n[nH]1. The van der Waals surface area contributed by atoms with Gasteiger partial charge in [-0.15, -0.1) is 11.3 Å². The zero-order chi connectivity index (χ0) is 21.5. The van der Waals surface area contributed by atoms with Gasteiger partial charge in [0.2, 0.25) is 0 Å². The lowest BCUT2D eigenvalue weighted by molar-refractivity contribution is 0.102. The molecule has 5 aromatic rings. The molecule has 9 heteroatoms. The molecule has 5 rings (SSSR count). The monoisotopic (exact) mass is 429 g/mol. The Morgan fingerprint density at radius 1 is 1.13 bits per heavy atom. The Kier molecular flexibility index (Phi) is 4.59. The van der Waals surface area contributed by atoms with E-state index in [0.717, 1.165) is 33.0 Å². The molecule has 4 heterocycles. The Bertz CT molecular complexity index is 1420. The van der Waals surface area contributed by atoms with E-state index in [2.05, 4.69) is 25.6 Å². The number of carbonyl (C=O) groups excluding carboxylic acids is 1. The number of anilines is 1. The minimum absolute atomic E-state index is 0.218. The molecule has 0 fully saturated rings. The van der Waals surface area contributed by atoms with E-state index in [4.69, 9.17) is 4.98 Å². The zero-order valence-corrected chi connectivity index (χ0v) is 18.0. The van der Waals surface area contributed by atoms with Crippen molar-refractivity contribution >= 4 is 34.0 Å². The number of carbonyl (C=O) groups is 1. The lowest BCUT2D eigenvalue weighted by Gasteiger charge is -2.09. The topological polar surface area (TPSA) is 101 Å². The average Bonchev–Trinajstić information content (AvgIpc) is 3.49. The molecule has 0 aliphatic rings. The van der Waals surface area contributed by atoms with E-state index in [1.165, 1.54) is 0 Å². The van der Waals surface area contributed by atoms with Gasteiger partial charge >= 0.3 is 0 Å². The van der Waals surface area contributed by atoms with Gasteiger partial charge in [0.15, 0.2) is 11.5 Å². The third-order valence-corrected chi connectivity index (χ3v) is 5.86. The summed E-state index contributed by atoms with van der Waals surface area (Å²) < 4.78 is 1.71. The smallest absolute Gasteiger partial charge is 0.256 e. The quantitative estimate of drug-likeness (QED) is 0.442. The van der Waals surface area contributed by atoms with E-state index in [0.29, 0.717) is 22.7 Å². The molecular formula is C22H19N7OS. The number of fused-ring (bicyclic) bond motifs is 1. The van der Waals surface area contributed by atoms with Crippen molar-refractivity contribution in [1.29, 1.82) is 0 Å². The summed E-state index contributed by atoms with van der Waals surface area (Å²) >= 11 is 1.58. The number of aromatic amines is 1. The summed E-state index contributed by atoms with van der Waals surface area (Å²) in [6, 6.07) is 13.3. The molecule has 154 valence electrons. The van der Waals surface area contributed by atoms with Crippen LogP contribution in [0, 0.1) is 13.8 Å². The molecule has 4 aromatic heterocycles. The number of pyridine rings is 1. The van der Waals surface area contributed by atoms with Gasteiger partial charge in [-0.25, -0.2) is 9.97 Å². The second-order valence-electron chi connectivity index (χ2n) is 7.22. The minimum Gasteiger partial charge on any atom is -0.322 e. The first-order valence-electron chi connectivity index (χ1n) is 9.68. The molecule has 0 spiro atoms. The fourth-order valence-electron chi connectivity index (χ4n) is 3.58. The molecule has 0 saturated carbocycles. The predicted octanol–water partition coefficient (Wildman–Crippen LogP) is 4.35. The van der Waals surface area contributed by atoms with E-state index in [-0.39, 0.29) is 5.91 Å². The van der Waals surface area contributed by atoms with Gasteiger partial charge in [0.25, 0.3) is 5.91 Å². The molecule has 1 aromatic carbocycles. The van der Waals surface area contributed by atoms with E-state index in [1.807, 2.05) is 68.7 Å². The summed E-state index contributed by atoms with van der Waals surface area (Å²) in [4.78, 5) is 23.5. The summed E-state index contributed by atoms with van der Waals surface area (Å²) in [6.45, 7) is 3.73. The Morgan fingerprint density at radius 3 is 2.74 bits per heavy atom. The second kappa shape index (κ2) is 7.44. The number of nitrogens with one attached hydrogen (secondary N) is 2. The van der Waals surface area contributed by atoms with Crippen LogP contribution in [0.5, 0.6) is 0 Å². The Morgan fingerprint density at radius 2 is 2.00 bits per heavy atom. The van der Waals surface area contributed by atoms with Gasteiger partial charge in [0.1, 0.15) is 5.82 Å². The van der Waals surface area contributed by atoms with Crippen LogP contribution in [0.15, 0.2) is 47.8 Å². The first kappa shape index (κ1) is 19.1. The van der Waals surface area contributed by atoms with Crippen LogP contribution in [0.4, 0.5) is 5.69 Å². The van der Waals surface area contributed by atoms with Crippen molar-refractivity contribution in [2.24, 2.45) is 7.05 Å². The summed E-state index contributed by atoms with van der Waals surface area (Å²) in [5.41, 5.74) is 4.21. The fourth-order valence-corrected chi connectivity index (χ4v) is 4.27. The van der Waals surface area contributed by atoms with Gasteiger partial charge in [-0.05, 0) is 43.5 Å². The summed E-state index contributed by atoms with van der Waals surface area (Å²) in [6.07, 6.45) is 0. The molecule has 2 N–H and O–H groups in total. The van der Waals surface area contributed by atoms with E-state index < -0.39 is 0 Å². The van der Waals surface area contributed by atoms with Crippen LogP contribution in [-0.4, -0.2) is 35.9 Å². The van der Waals surface area contributed by atoms with Crippen LogP contribution in [0.2, 0.25) is 0 Å². The molecule has 0 saturated heterocycles. The molecule has 0 atom stereocenters. The van der Waals surface area contributed by atoms with Crippen LogP contribution in [0.1, 0.15) is 21.9 Å². The van der Waals surface area contributed by atoms with Crippen LogP contribution >= 0.6 is 11.3 Å². The lowest BCUT2D eigenvalue weighted by atomic mass is 10.1. The molecule has 0 radical (unpaired) electrons. The number of H-pyrrole nitrogens is 1. The highest BCUT2D eigenvalue weighted by molar-refractivity contribution is 7.13. The number of aromatic nitrogens is 6. The molecule has 0 aliphatic carbocycles. The van der Waals surface area contributed by atoms with Crippen LogP contribution in [-0.2, 0) is 7.05 Å². The van der Waals surface area contributed by atoms with Crippen LogP contribution < -0.4 is 5.32 Å². The van der Waals surface area contributed by atoms with Gasteiger partial charge in [-0.1, -0.05) is 18.2 Å². The van der Waals surface area contributed by atoms with Gasteiger partial charge in [0.05, 0.1) is 27.2 Å². The highest BCUT2D eigenvalue weighted by Gasteiger charge is 2.20. The van der Waals surface area contributed by atoms with E-state index >= 15 is 0 Å². The Hall–Kier alpha value is -3.85. The van der Waals surface area contributed by atoms with E-state index in [1.54, 1.807) is 16.0 Å². The molecule has 8 nitrogen and oxygen atoms in total. The van der Waals surface area contributed by atoms with Crippen molar-refractivity contribution < 1.29 is 4.79 Å². The third kappa shape index (κ3) is 3.49. The van der Waals surface area contributed by atoms with Crippen LogP contribution in [0.25, 0.3) is 33.0 Å². The first-order chi connectivity index (χ1) is 15.0. The normalized spacial score (nSPS) is 11.2. The number of hydrogen-bond donors (Lipinski definition) is 2. The zero-order valence-electron chi connectivity index (χ0n) is 17.2. The van der Waals surface area contributed by atoms with Crippen molar-refractivity contribution in [3.8, 4) is 22.0 Å². The summed E-state index contributed by atoms with van der Waals surface area (Å²) in [5, 5.41) is 17.3. The lowest BCUT2D eigenvalue weighted by Crippen LogP contribution is -2.13. The van der Waals surface area contributed by atoms with Gasteiger partial charge in [-0.3, -0.25) is 14.6 Å². The number of nitrogens with zero attached hydrogens (tertiary/aromatic N) is 5. The highest BCUT2D eigenvalue weighted by Crippen LogP contribution is 2.30. The molecule has 0 aliphatic heterocycles. The van der Waals surface area contributed by atoms with Crippen molar-refractivity contribution in [2.75, 3.05) is 5.32 Å². The number of hydrogen-bond acceptors (Lipinski definition) is 6. The van der Waals surface area contributed by atoms with Gasteiger partial charge in [0, 0.05) is 18.3 Å². The highest BCUT2D eigenvalue weighted by atomic mass is 32.1. The number of thiophene rings is 1. The second-order valence-corrected chi connectivity index (χ2v) is 8.17. The molecule has 0 bridgehead atoms. The predicted molar refractivity (Wildman–Crippen MR) is 121 cm³/mol. The van der Waals surface area contributed by atoms with Crippen molar-refractivity contribution in [1.82, 2.24) is 29.9 Å². The number of amides is 1. The largest absolute Gasteiger partial charge is 0.322 e. The number of rotatable bonds is 4. The standard InChI is InChI=1S/C22H19N7OS/c1-12-19-16(11-17(18-8-5-9-31-18)25-21(19)29(3)28-12)22(30)24-15-7-4-6-14(10-15)20-23-13(2)26-27-20/h4-11H,1-3H3,(H,24,30)(H,23,26,27). The van der Waals surface area contributed by atoms with Gasteiger partial charge < -0.3 is 5.32 Å². The first-order valence-corrected chi connectivity index (χ1v) is 10.6. The summed E-state index contributed by atoms with van der Waals surface area (Å²) in [5.74, 6) is 1.10. The number of benzene rings is 1. The maximum Gasteiger partial charge on any atom is 0.256 e. The molecule has 31 heavy (non-hydrogen) atoms. The maximum atomic E-state index is 13.4. The van der Waals surface area contributed by atoms with E-state index in [9.17, 15) is 4.79 Å². The third-order valence-electron chi connectivity index (χ3n) is 4.96. The average molecular weight is 430 g/mol. The minimum atomic E-state index is -0.218. The number of aryl methyl sites for hydroxylation is 3. The molecule has 1 amide bonds. The Balaban J connectivity index is 1.56. The Labute approximate surface area is 182 Å². The fraction of sp³-hybridized carbons (Fsp3) is 0.136. The molecular weight excluding hydrogens is 410 g/mol. The van der Waals surface area contributed by atoms with Crippen LogP contribution in [0.3, 0.4) is 0 Å². The van der Waals surface area contributed by atoms with Gasteiger partial charge in [-0.2, -0.15) is 10.2 Å². The van der Waals surface area contributed by atoms with Crippen molar-refractivity contribution in [2.45, 2.75) is 13.8 Å². The summed E-state index contributed by atoms with van der Waals surface area (Å²) in [7, 11) is 1.84. The molecule has 0 unspecified atom stereocenters. The van der Waals surface area contributed by atoms with Crippen molar-refractivity contribution in [3.63, 3.8) is 0 Å². The van der Waals surface area contributed by atoms with Crippen molar-refractivity contribution in [3.05, 3.63) is 64.9 Å².